The van der Waals surface area contributed by atoms with Gasteiger partial charge in [0.05, 0.1) is 12.4 Å². The molecule has 0 bridgehead atoms. The molecule has 1 fully saturated rings. The maximum atomic E-state index is 12.7. The van der Waals surface area contributed by atoms with Crippen LogP contribution in [0.25, 0.3) is 0 Å². The van der Waals surface area contributed by atoms with Crippen molar-refractivity contribution in [3.8, 4) is 0 Å². The number of nitrogens with zero attached hydrogens (tertiary/aromatic N) is 5. The molecule has 7 nitrogen and oxygen atoms in total. The standard InChI is InChI=1S/C22H24N6O/c1-17-6-2-3-7-18(17)14-25-20-16-24-19(15-26-20)22(29)28-12-10-27(11-13-28)21-8-4-5-9-23-21/h2-9,15-16H,10-14H2,1H3,(H,25,26). The van der Waals surface area contributed by atoms with Crippen molar-refractivity contribution >= 4 is 17.5 Å². The first kappa shape index (κ1) is 18.9. The number of aromatic nitrogens is 3. The summed E-state index contributed by atoms with van der Waals surface area (Å²) in [5, 5.41) is 3.26. The van der Waals surface area contributed by atoms with Crippen molar-refractivity contribution in [3.05, 3.63) is 77.9 Å². The highest BCUT2D eigenvalue weighted by Gasteiger charge is 2.23. The molecule has 0 atom stereocenters. The Morgan fingerprint density at radius 1 is 0.966 bits per heavy atom. The number of aryl methyl sites for hydroxylation is 1. The van der Waals surface area contributed by atoms with E-state index in [-0.39, 0.29) is 5.91 Å². The Bertz CT molecular complexity index is 953. The van der Waals surface area contributed by atoms with Crippen molar-refractivity contribution in [2.24, 2.45) is 0 Å². The minimum atomic E-state index is -0.0800. The maximum Gasteiger partial charge on any atom is 0.274 e. The van der Waals surface area contributed by atoms with E-state index in [0.717, 1.165) is 18.9 Å². The average Bonchev–Trinajstić information content (AvgIpc) is 2.79. The summed E-state index contributed by atoms with van der Waals surface area (Å²) in [5.74, 6) is 1.52. The first-order chi connectivity index (χ1) is 14.2. The molecule has 4 rings (SSSR count). The molecule has 1 aliphatic heterocycles. The predicted molar refractivity (Wildman–Crippen MR) is 113 cm³/mol. The second kappa shape index (κ2) is 8.68. The van der Waals surface area contributed by atoms with Crippen molar-refractivity contribution in [2.45, 2.75) is 13.5 Å². The van der Waals surface area contributed by atoms with Crippen LogP contribution in [-0.4, -0.2) is 51.9 Å². The molecule has 29 heavy (non-hydrogen) atoms. The summed E-state index contributed by atoms with van der Waals surface area (Å²) in [7, 11) is 0. The zero-order valence-corrected chi connectivity index (χ0v) is 16.5. The van der Waals surface area contributed by atoms with Crippen molar-refractivity contribution in [1.82, 2.24) is 19.9 Å². The number of nitrogens with one attached hydrogen (secondary N) is 1. The SMILES string of the molecule is Cc1ccccc1CNc1cnc(C(=O)N2CCN(c3ccccn3)CC2)cn1. The van der Waals surface area contributed by atoms with Gasteiger partial charge in [-0.05, 0) is 30.2 Å². The van der Waals surface area contributed by atoms with Gasteiger partial charge in [-0.25, -0.2) is 15.0 Å². The fourth-order valence-electron chi connectivity index (χ4n) is 3.37. The van der Waals surface area contributed by atoms with Crippen LogP contribution in [0.2, 0.25) is 0 Å². The largest absolute Gasteiger partial charge is 0.365 e. The van der Waals surface area contributed by atoms with E-state index in [2.05, 4.69) is 44.2 Å². The molecule has 1 aromatic carbocycles. The van der Waals surface area contributed by atoms with Crippen LogP contribution in [0.4, 0.5) is 11.6 Å². The fraction of sp³-hybridized carbons (Fsp3) is 0.273. The molecule has 1 N–H and O–H groups in total. The van der Waals surface area contributed by atoms with Crippen LogP contribution < -0.4 is 10.2 Å². The zero-order chi connectivity index (χ0) is 20.1. The second-order valence-electron chi connectivity index (χ2n) is 7.03. The van der Waals surface area contributed by atoms with E-state index < -0.39 is 0 Å². The lowest BCUT2D eigenvalue weighted by Gasteiger charge is -2.35. The van der Waals surface area contributed by atoms with E-state index in [1.54, 1.807) is 18.6 Å². The van der Waals surface area contributed by atoms with Crippen LogP contribution >= 0.6 is 0 Å². The summed E-state index contributed by atoms with van der Waals surface area (Å²) in [6, 6.07) is 14.1. The van der Waals surface area contributed by atoms with Crippen LogP contribution in [0, 0.1) is 6.92 Å². The molecule has 0 aliphatic carbocycles. The monoisotopic (exact) mass is 388 g/mol. The van der Waals surface area contributed by atoms with Gasteiger partial charge in [0, 0.05) is 38.9 Å². The van der Waals surface area contributed by atoms with Crippen molar-refractivity contribution in [1.29, 1.82) is 0 Å². The number of pyridine rings is 1. The summed E-state index contributed by atoms with van der Waals surface area (Å²) < 4.78 is 0. The predicted octanol–water partition coefficient (Wildman–Crippen LogP) is 2.75. The van der Waals surface area contributed by atoms with Crippen LogP contribution in [-0.2, 0) is 6.54 Å². The van der Waals surface area contributed by atoms with Gasteiger partial charge < -0.3 is 15.1 Å². The van der Waals surface area contributed by atoms with E-state index in [1.807, 2.05) is 35.2 Å². The second-order valence-corrected chi connectivity index (χ2v) is 7.03. The fourth-order valence-corrected chi connectivity index (χ4v) is 3.37. The van der Waals surface area contributed by atoms with Gasteiger partial charge in [0.2, 0.25) is 0 Å². The number of hydrogen-bond acceptors (Lipinski definition) is 6. The number of anilines is 2. The molecule has 1 aliphatic rings. The van der Waals surface area contributed by atoms with E-state index in [9.17, 15) is 4.79 Å². The van der Waals surface area contributed by atoms with Crippen molar-refractivity contribution in [2.75, 3.05) is 36.4 Å². The average molecular weight is 388 g/mol. The minimum absolute atomic E-state index is 0.0800. The lowest BCUT2D eigenvalue weighted by atomic mass is 10.1. The molecule has 0 spiro atoms. The van der Waals surface area contributed by atoms with Crippen LogP contribution in [0.3, 0.4) is 0 Å². The summed E-state index contributed by atoms with van der Waals surface area (Å²) >= 11 is 0. The lowest BCUT2D eigenvalue weighted by molar-refractivity contribution is 0.0740. The summed E-state index contributed by atoms with van der Waals surface area (Å²) in [4.78, 5) is 29.8. The molecule has 148 valence electrons. The van der Waals surface area contributed by atoms with E-state index in [4.69, 9.17) is 0 Å². The number of carbonyl (C=O) groups is 1. The van der Waals surface area contributed by atoms with Gasteiger partial charge in [0.25, 0.3) is 5.91 Å². The van der Waals surface area contributed by atoms with Crippen LogP contribution in [0.15, 0.2) is 61.1 Å². The van der Waals surface area contributed by atoms with Gasteiger partial charge in [-0.15, -0.1) is 0 Å². The van der Waals surface area contributed by atoms with Crippen molar-refractivity contribution in [3.63, 3.8) is 0 Å². The van der Waals surface area contributed by atoms with Crippen LogP contribution in [0.5, 0.6) is 0 Å². The normalized spacial score (nSPS) is 14.0. The minimum Gasteiger partial charge on any atom is -0.365 e. The number of benzene rings is 1. The molecule has 3 aromatic rings. The topological polar surface area (TPSA) is 74.2 Å². The highest BCUT2D eigenvalue weighted by atomic mass is 16.2. The Morgan fingerprint density at radius 2 is 1.76 bits per heavy atom. The summed E-state index contributed by atoms with van der Waals surface area (Å²) in [5.41, 5.74) is 2.81. The Hall–Kier alpha value is -3.48. The number of hydrogen-bond donors (Lipinski definition) is 1. The molecular weight excluding hydrogens is 364 g/mol. The zero-order valence-electron chi connectivity index (χ0n) is 16.5. The number of amides is 1. The Kier molecular flexibility index (Phi) is 5.65. The summed E-state index contributed by atoms with van der Waals surface area (Å²) in [6.07, 6.45) is 4.96. The van der Waals surface area contributed by atoms with E-state index in [1.165, 1.54) is 11.1 Å². The van der Waals surface area contributed by atoms with Crippen LogP contribution in [0.1, 0.15) is 21.6 Å². The highest BCUT2D eigenvalue weighted by Crippen LogP contribution is 2.14. The molecule has 2 aromatic heterocycles. The molecular formula is C22H24N6O. The van der Waals surface area contributed by atoms with Gasteiger partial charge in [0.15, 0.2) is 0 Å². The van der Waals surface area contributed by atoms with E-state index >= 15 is 0 Å². The van der Waals surface area contributed by atoms with Gasteiger partial charge >= 0.3 is 0 Å². The lowest BCUT2D eigenvalue weighted by Crippen LogP contribution is -2.49. The molecule has 0 saturated carbocycles. The number of rotatable bonds is 5. The van der Waals surface area contributed by atoms with Gasteiger partial charge in [-0.2, -0.15) is 0 Å². The van der Waals surface area contributed by atoms with Crippen molar-refractivity contribution < 1.29 is 4.79 Å². The highest BCUT2D eigenvalue weighted by molar-refractivity contribution is 5.92. The third kappa shape index (κ3) is 4.51. The Balaban J connectivity index is 1.32. The quantitative estimate of drug-likeness (QED) is 0.724. The molecule has 7 heteroatoms. The van der Waals surface area contributed by atoms with Gasteiger partial charge in [-0.1, -0.05) is 30.3 Å². The number of piperazine rings is 1. The Morgan fingerprint density at radius 3 is 2.45 bits per heavy atom. The number of carbonyl (C=O) groups excluding carboxylic acids is 1. The molecule has 3 heterocycles. The third-order valence-electron chi connectivity index (χ3n) is 5.13. The smallest absolute Gasteiger partial charge is 0.274 e. The molecule has 1 amide bonds. The van der Waals surface area contributed by atoms with Gasteiger partial charge in [0.1, 0.15) is 17.3 Å². The first-order valence-corrected chi connectivity index (χ1v) is 9.76. The third-order valence-corrected chi connectivity index (χ3v) is 5.13. The Labute approximate surface area is 170 Å². The van der Waals surface area contributed by atoms with Gasteiger partial charge in [-0.3, -0.25) is 4.79 Å². The molecule has 0 unspecified atom stereocenters. The summed E-state index contributed by atoms with van der Waals surface area (Å²) in [6.45, 7) is 5.55. The molecule has 0 radical (unpaired) electrons. The van der Waals surface area contributed by atoms with E-state index in [0.29, 0.717) is 31.1 Å². The molecule has 1 saturated heterocycles. The maximum absolute atomic E-state index is 12.7. The first-order valence-electron chi connectivity index (χ1n) is 9.76.